The number of aromatic nitrogens is 2. The van der Waals surface area contributed by atoms with Crippen molar-refractivity contribution in [3.63, 3.8) is 0 Å². The van der Waals surface area contributed by atoms with E-state index in [0.717, 1.165) is 29.9 Å². The first-order valence-corrected chi connectivity index (χ1v) is 9.08. The van der Waals surface area contributed by atoms with Gasteiger partial charge in [-0.05, 0) is 31.0 Å². The lowest BCUT2D eigenvalue weighted by Crippen LogP contribution is -2.28. The van der Waals surface area contributed by atoms with Crippen LogP contribution >= 0.6 is 11.6 Å². The summed E-state index contributed by atoms with van der Waals surface area (Å²) in [6, 6.07) is 6.45. The third-order valence-corrected chi connectivity index (χ3v) is 5.15. The molecule has 1 atom stereocenters. The number of rotatable bonds is 3. The molecule has 2 aliphatic rings. The van der Waals surface area contributed by atoms with E-state index in [1.54, 1.807) is 12.1 Å². The summed E-state index contributed by atoms with van der Waals surface area (Å²) in [5.41, 5.74) is 4.94. The van der Waals surface area contributed by atoms with Crippen molar-refractivity contribution in [1.29, 1.82) is 0 Å². The van der Waals surface area contributed by atoms with Crippen LogP contribution in [0, 0.1) is 5.82 Å². The third-order valence-electron chi connectivity index (χ3n) is 4.96. The molecular weight excluding hydrogens is 341 g/mol. The molecule has 5 nitrogen and oxygen atoms in total. The van der Waals surface area contributed by atoms with Crippen molar-refractivity contribution in [3.8, 4) is 0 Å². The van der Waals surface area contributed by atoms with Gasteiger partial charge in [-0.2, -0.15) is 5.01 Å². The molecule has 0 spiro atoms. The molecule has 1 saturated carbocycles. The Morgan fingerprint density at radius 1 is 1.20 bits per heavy atom. The second-order valence-electron chi connectivity index (χ2n) is 6.77. The predicted octanol–water partition coefficient (Wildman–Crippen LogP) is 4.70. The molecule has 0 amide bonds. The van der Waals surface area contributed by atoms with Crippen LogP contribution in [0.4, 0.5) is 15.9 Å². The lowest BCUT2D eigenvalue weighted by molar-refractivity contribution is 0.349. The standard InChI is InChI=1S/C18H21ClFN5/c1-25-18(13-9-12(20)7-8-14(13)24-25)23-16-10-15(19)21-17(22-16)11-5-3-2-4-6-11/h7-11,18,24H,2-6H2,1H3,(H,21,22,23). The molecule has 1 fully saturated rings. The summed E-state index contributed by atoms with van der Waals surface area (Å²) >= 11 is 6.24. The van der Waals surface area contributed by atoms with Crippen LogP contribution in [-0.2, 0) is 0 Å². The van der Waals surface area contributed by atoms with Gasteiger partial charge in [0.05, 0.1) is 5.69 Å². The van der Waals surface area contributed by atoms with Crippen molar-refractivity contribution in [2.75, 3.05) is 17.8 Å². The van der Waals surface area contributed by atoms with E-state index in [9.17, 15) is 4.39 Å². The van der Waals surface area contributed by atoms with Crippen LogP contribution in [-0.4, -0.2) is 22.0 Å². The van der Waals surface area contributed by atoms with Crippen LogP contribution in [0.15, 0.2) is 24.3 Å². The molecular formula is C18H21ClFN5. The van der Waals surface area contributed by atoms with Gasteiger partial charge in [0.1, 0.15) is 28.8 Å². The smallest absolute Gasteiger partial charge is 0.135 e. The Labute approximate surface area is 151 Å². The number of nitrogens with zero attached hydrogens (tertiary/aromatic N) is 3. The normalized spacial score (nSPS) is 21.0. The molecule has 0 saturated heterocycles. The van der Waals surface area contributed by atoms with E-state index in [4.69, 9.17) is 16.6 Å². The molecule has 132 valence electrons. The van der Waals surface area contributed by atoms with Crippen molar-refractivity contribution in [2.24, 2.45) is 0 Å². The van der Waals surface area contributed by atoms with E-state index in [-0.39, 0.29) is 12.0 Å². The molecule has 1 aromatic heterocycles. The molecule has 1 aromatic carbocycles. The van der Waals surface area contributed by atoms with Crippen molar-refractivity contribution in [2.45, 2.75) is 44.2 Å². The molecule has 2 aromatic rings. The van der Waals surface area contributed by atoms with Gasteiger partial charge >= 0.3 is 0 Å². The van der Waals surface area contributed by atoms with Gasteiger partial charge in [-0.1, -0.05) is 30.9 Å². The first kappa shape index (κ1) is 16.5. The Kier molecular flexibility index (Phi) is 4.48. The van der Waals surface area contributed by atoms with Crippen LogP contribution in [0.3, 0.4) is 0 Å². The van der Waals surface area contributed by atoms with Crippen molar-refractivity contribution in [1.82, 2.24) is 15.0 Å². The van der Waals surface area contributed by atoms with Gasteiger partial charge < -0.3 is 10.7 Å². The molecule has 1 aliphatic heterocycles. The highest BCUT2D eigenvalue weighted by molar-refractivity contribution is 6.29. The van der Waals surface area contributed by atoms with Crippen molar-refractivity contribution in [3.05, 3.63) is 46.6 Å². The number of hydrogen-bond donors (Lipinski definition) is 2. The van der Waals surface area contributed by atoms with E-state index in [0.29, 0.717) is 16.9 Å². The molecule has 1 aliphatic carbocycles. The summed E-state index contributed by atoms with van der Waals surface area (Å²) < 4.78 is 13.7. The molecule has 25 heavy (non-hydrogen) atoms. The zero-order valence-electron chi connectivity index (χ0n) is 14.1. The number of anilines is 2. The lowest BCUT2D eigenvalue weighted by Gasteiger charge is -2.24. The molecule has 2 N–H and O–H groups in total. The average molecular weight is 362 g/mol. The zero-order chi connectivity index (χ0) is 17.4. The average Bonchev–Trinajstić information content (AvgIpc) is 2.90. The summed E-state index contributed by atoms with van der Waals surface area (Å²) in [7, 11) is 1.90. The first-order valence-electron chi connectivity index (χ1n) is 8.70. The molecule has 4 rings (SSSR count). The monoisotopic (exact) mass is 361 g/mol. The predicted molar refractivity (Wildman–Crippen MR) is 97.0 cm³/mol. The van der Waals surface area contributed by atoms with Gasteiger partial charge in [0, 0.05) is 24.6 Å². The number of halogens is 2. The second-order valence-corrected chi connectivity index (χ2v) is 7.16. The number of nitrogens with one attached hydrogen (secondary N) is 2. The zero-order valence-corrected chi connectivity index (χ0v) is 14.9. The summed E-state index contributed by atoms with van der Waals surface area (Å²) in [4.78, 5) is 9.13. The minimum atomic E-state index is -0.258. The topological polar surface area (TPSA) is 53.1 Å². The molecule has 7 heteroatoms. The molecule has 0 radical (unpaired) electrons. The Morgan fingerprint density at radius 3 is 2.80 bits per heavy atom. The molecule has 2 heterocycles. The van der Waals surface area contributed by atoms with Gasteiger partial charge in [0.2, 0.25) is 0 Å². The van der Waals surface area contributed by atoms with Crippen molar-refractivity contribution < 1.29 is 4.39 Å². The fourth-order valence-corrected chi connectivity index (χ4v) is 3.88. The quantitative estimate of drug-likeness (QED) is 0.776. The van der Waals surface area contributed by atoms with E-state index >= 15 is 0 Å². The summed E-state index contributed by atoms with van der Waals surface area (Å²) in [5.74, 6) is 1.59. The number of hydrazine groups is 1. The van der Waals surface area contributed by atoms with E-state index in [1.807, 2.05) is 12.1 Å². The second kappa shape index (κ2) is 6.77. The highest BCUT2D eigenvalue weighted by atomic mass is 35.5. The SMILES string of the molecule is CN1Nc2ccc(F)cc2C1Nc1cc(Cl)nc(C2CCCCC2)n1. The Balaban J connectivity index is 1.61. The van der Waals surface area contributed by atoms with Crippen LogP contribution in [0.5, 0.6) is 0 Å². The van der Waals surface area contributed by atoms with Crippen LogP contribution in [0.25, 0.3) is 0 Å². The van der Waals surface area contributed by atoms with Gasteiger partial charge in [0.25, 0.3) is 0 Å². The van der Waals surface area contributed by atoms with Crippen LogP contribution < -0.4 is 10.7 Å². The van der Waals surface area contributed by atoms with E-state index in [1.165, 1.54) is 31.4 Å². The fourth-order valence-electron chi connectivity index (χ4n) is 3.69. The first-order chi connectivity index (χ1) is 12.1. The highest BCUT2D eigenvalue weighted by Crippen LogP contribution is 2.36. The maximum atomic E-state index is 13.7. The summed E-state index contributed by atoms with van der Waals surface area (Å²) in [6.07, 6.45) is 5.70. The van der Waals surface area contributed by atoms with Crippen LogP contribution in [0.2, 0.25) is 5.15 Å². The maximum Gasteiger partial charge on any atom is 0.135 e. The third kappa shape index (κ3) is 3.41. The largest absolute Gasteiger partial charge is 0.349 e. The Morgan fingerprint density at radius 2 is 2.00 bits per heavy atom. The number of fused-ring (bicyclic) bond motifs is 1. The van der Waals surface area contributed by atoms with Gasteiger partial charge in [-0.3, -0.25) is 0 Å². The Bertz CT molecular complexity index is 778. The van der Waals surface area contributed by atoms with Crippen LogP contribution in [0.1, 0.15) is 55.6 Å². The maximum absolute atomic E-state index is 13.7. The summed E-state index contributed by atoms with van der Waals surface area (Å²) in [5, 5.41) is 5.68. The Hall–Kier alpha value is -1.92. The van der Waals surface area contributed by atoms with E-state index < -0.39 is 0 Å². The fraction of sp³-hybridized carbons (Fsp3) is 0.444. The van der Waals surface area contributed by atoms with Gasteiger partial charge in [-0.15, -0.1) is 0 Å². The minimum absolute atomic E-state index is 0.226. The van der Waals surface area contributed by atoms with Crippen molar-refractivity contribution >= 4 is 23.1 Å². The molecule has 0 bridgehead atoms. The van der Waals surface area contributed by atoms with E-state index in [2.05, 4.69) is 15.7 Å². The number of hydrogen-bond acceptors (Lipinski definition) is 5. The molecule has 1 unspecified atom stereocenters. The summed E-state index contributed by atoms with van der Waals surface area (Å²) in [6.45, 7) is 0. The highest BCUT2D eigenvalue weighted by Gasteiger charge is 2.28. The lowest BCUT2D eigenvalue weighted by atomic mass is 9.89. The van der Waals surface area contributed by atoms with Gasteiger partial charge in [0.15, 0.2) is 0 Å². The number of benzene rings is 1. The minimum Gasteiger partial charge on any atom is -0.349 e. The van der Waals surface area contributed by atoms with Gasteiger partial charge in [-0.25, -0.2) is 14.4 Å².